The van der Waals surface area contributed by atoms with Crippen LogP contribution in [0, 0.1) is 16.0 Å². The molecule has 1 aromatic carbocycles. The van der Waals surface area contributed by atoms with E-state index in [-0.39, 0.29) is 28.1 Å². The molecule has 1 heterocycles. The Morgan fingerprint density at radius 2 is 2.11 bits per heavy atom. The average Bonchev–Trinajstić information content (AvgIpc) is 3.15. The third-order valence-corrected chi connectivity index (χ3v) is 4.38. The molecule has 2 aromatic rings. The van der Waals surface area contributed by atoms with Crippen molar-refractivity contribution in [1.82, 2.24) is 20.4 Å². The highest BCUT2D eigenvalue weighted by atomic mass is 35.5. The quantitative estimate of drug-likeness (QED) is 0.376. The van der Waals surface area contributed by atoms with E-state index in [2.05, 4.69) is 15.7 Å². The number of nitro groups is 1. The number of amides is 2. The molecule has 0 aliphatic heterocycles. The number of carbonyl (C=O) groups is 2. The predicted molar refractivity (Wildman–Crippen MR) is 104 cm³/mol. The maximum absolute atomic E-state index is 12.5. The fraction of sp³-hybridized carbons (Fsp3) is 0.389. The first-order chi connectivity index (χ1) is 13.3. The maximum atomic E-state index is 12.5. The number of hydrogen-bond donors (Lipinski definition) is 2. The van der Waals surface area contributed by atoms with Gasteiger partial charge >= 0.3 is 0 Å². The molecule has 0 aliphatic rings. The summed E-state index contributed by atoms with van der Waals surface area (Å²) in [5, 5.41) is 20.3. The first kappa shape index (κ1) is 21.4. The Kier molecular flexibility index (Phi) is 7.51. The lowest BCUT2D eigenvalue weighted by Gasteiger charge is -2.22. The van der Waals surface area contributed by atoms with Crippen molar-refractivity contribution in [2.24, 2.45) is 5.92 Å². The topological polar surface area (TPSA) is 119 Å². The molecule has 0 aliphatic carbocycles. The van der Waals surface area contributed by atoms with Crippen molar-refractivity contribution in [3.8, 4) is 0 Å². The summed E-state index contributed by atoms with van der Waals surface area (Å²) in [6, 6.07) is 4.64. The number of non-ortho nitro benzene ring substituents is 1. The Bertz CT molecular complexity index is 839. The average molecular weight is 408 g/mol. The lowest BCUT2D eigenvalue weighted by molar-refractivity contribution is -0.384. The van der Waals surface area contributed by atoms with Gasteiger partial charge in [-0.3, -0.25) is 24.4 Å². The second kappa shape index (κ2) is 9.84. The molecule has 0 fully saturated rings. The van der Waals surface area contributed by atoms with Gasteiger partial charge in [-0.25, -0.2) is 0 Å². The lowest BCUT2D eigenvalue weighted by Crippen LogP contribution is -2.50. The molecule has 1 atom stereocenters. The normalized spacial score (nSPS) is 11.9. The van der Waals surface area contributed by atoms with Gasteiger partial charge in [-0.05, 0) is 24.5 Å². The fourth-order valence-electron chi connectivity index (χ4n) is 2.55. The lowest BCUT2D eigenvalue weighted by atomic mass is 10.0. The zero-order valence-electron chi connectivity index (χ0n) is 15.6. The molecule has 9 nitrogen and oxygen atoms in total. The van der Waals surface area contributed by atoms with Crippen LogP contribution in [0.2, 0.25) is 5.02 Å². The number of benzene rings is 1. The highest BCUT2D eigenvalue weighted by Crippen LogP contribution is 2.22. The molecule has 2 amide bonds. The summed E-state index contributed by atoms with van der Waals surface area (Å²) in [6.45, 7) is 4.73. The molecule has 2 rings (SSSR count). The number of nitro benzene ring substituents is 1. The van der Waals surface area contributed by atoms with E-state index >= 15 is 0 Å². The Morgan fingerprint density at radius 1 is 1.36 bits per heavy atom. The van der Waals surface area contributed by atoms with Gasteiger partial charge in [-0.2, -0.15) is 5.10 Å². The minimum absolute atomic E-state index is 0.0474. The van der Waals surface area contributed by atoms with Gasteiger partial charge in [0.2, 0.25) is 5.91 Å². The summed E-state index contributed by atoms with van der Waals surface area (Å²) in [6.07, 6.45) is 4.22. The monoisotopic (exact) mass is 407 g/mol. The van der Waals surface area contributed by atoms with Crippen molar-refractivity contribution in [3.63, 3.8) is 0 Å². The first-order valence-corrected chi connectivity index (χ1v) is 9.17. The van der Waals surface area contributed by atoms with Crippen molar-refractivity contribution < 1.29 is 14.5 Å². The minimum Gasteiger partial charge on any atom is -0.354 e. The van der Waals surface area contributed by atoms with Gasteiger partial charge in [0.1, 0.15) is 6.04 Å². The summed E-state index contributed by atoms with van der Waals surface area (Å²) in [5.41, 5.74) is -0.138. The van der Waals surface area contributed by atoms with Crippen molar-refractivity contribution in [1.29, 1.82) is 0 Å². The summed E-state index contributed by atoms with van der Waals surface area (Å²) < 4.78 is 1.77. The van der Waals surface area contributed by atoms with Crippen LogP contribution in [0.1, 0.15) is 30.6 Å². The zero-order valence-corrected chi connectivity index (χ0v) is 16.3. The van der Waals surface area contributed by atoms with E-state index in [1.807, 2.05) is 26.1 Å². The van der Waals surface area contributed by atoms with E-state index < -0.39 is 16.9 Å². The molecular formula is C18H22ClN5O4. The number of halogens is 1. The van der Waals surface area contributed by atoms with Crippen LogP contribution in [0.25, 0.3) is 0 Å². The van der Waals surface area contributed by atoms with Crippen LogP contribution < -0.4 is 10.6 Å². The predicted octanol–water partition coefficient (Wildman–Crippen LogP) is 2.41. The van der Waals surface area contributed by atoms with Crippen molar-refractivity contribution in [2.75, 3.05) is 6.54 Å². The Balaban J connectivity index is 1.94. The molecule has 10 heteroatoms. The van der Waals surface area contributed by atoms with Gasteiger partial charge in [0.15, 0.2) is 0 Å². The van der Waals surface area contributed by atoms with Gasteiger partial charge in [0.25, 0.3) is 11.6 Å². The molecule has 0 bridgehead atoms. The number of nitrogens with zero attached hydrogens (tertiary/aromatic N) is 3. The van der Waals surface area contributed by atoms with E-state index in [1.54, 1.807) is 10.9 Å². The van der Waals surface area contributed by atoms with Gasteiger partial charge in [-0.1, -0.05) is 25.4 Å². The third kappa shape index (κ3) is 5.78. The van der Waals surface area contributed by atoms with Crippen LogP contribution in [0.3, 0.4) is 0 Å². The Morgan fingerprint density at radius 3 is 2.68 bits per heavy atom. The molecule has 0 saturated carbocycles. The first-order valence-electron chi connectivity index (χ1n) is 8.79. The Hall–Kier alpha value is -2.94. The van der Waals surface area contributed by atoms with Crippen LogP contribution in [0.4, 0.5) is 5.69 Å². The summed E-state index contributed by atoms with van der Waals surface area (Å²) in [5.74, 6) is -1.03. The van der Waals surface area contributed by atoms with E-state index in [4.69, 9.17) is 11.6 Å². The smallest absolute Gasteiger partial charge is 0.270 e. The second-order valence-corrected chi connectivity index (χ2v) is 6.94. The number of rotatable bonds is 9. The summed E-state index contributed by atoms with van der Waals surface area (Å²) >= 11 is 5.99. The van der Waals surface area contributed by atoms with Gasteiger partial charge in [0.05, 0.1) is 15.5 Å². The number of carbonyl (C=O) groups excluding carboxylic acids is 2. The molecular weight excluding hydrogens is 386 g/mol. The summed E-state index contributed by atoms with van der Waals surface area (Å²) in [7, 11) is 0. The molecule has 0 saturated heterocycles. The largest absolute Gasteiger partial charge is 0.354 e. The standard InChI is InChI=1S/C18H22ClN5O4/c1-12(2)16(18(26)20-7-3-9-23-10-4-8-21-23)22-17(25)14-6-5-13(24(27)28)11-15(14)19/h4-6,8,10-12,16H,3,7,9H2,1-2H3,(H,20,26)(H,22,25). The SMILES string of the molecule is CC(C)C(NC(=O)c1ccc([N+](=O)[O-])cc1Cl)C(=O)NCCCn1cccn1. The van der Waals surface area contributed by atoms with Crippen molar-refractivity contribution >= 4 is 29.1 Å². The number of aromatic nitrogens is 2. The molecule has 0 radical (unpaired) electrons. The maximum Gasteiger partial charge on any atom is 0.270 e. The van der Waals surface area contributed by atoms with Gasteiger partial charge < -0.3 is 10.6 Å². The highest BCUT2D eigenvalue weighted by molar-refractivity contribution is 6.34. The number of hydrogen-bond acceptors (Lipinski definition) is 5. The molecule has 1 aromatic heterocycles. The van der Waals surface area contributed by atoms with Gasteiger partial charge in [0, 0.05) is 37.6 Å². The van der Waals surface area contributed by atoms with Crippen molar-refractivity contribution in [3.05, 3.63) is 57.4 Å². The number of nitrogens with one attached hydrogen (secondary N) is 2. The molecule has 0 spiro atoms. The van der Waals surface area contributed by atoms with Crippen molar-refractivity contribution in [2.45, 2.75) is 32.9 Å². The van der Waals surface area contributed by atoms with Crippen LogP contribution in [0.5, 0.6) is 0 Å². The molecule has 28 heavy (non-hydrogen) atoms. The minimum atomic E-state index is -0.761. The van der Waals surface area contributed by atoms with E-state index in [0.717, 1.165) is 6.07 Å². The van der Waals surface area contributed by atoms with E-state index in [9.17, 15) is 19.7 Å². The fourth-order valence-corrected chi connectivity index (χ4v) is 2.81. The third-order valence-electron chi connectivity index (χ3n) is 4.07. The molecule has 1 unspecified atom stereocenters. The van der Waals surface area contributed by atoms with Gasteiger partial charge in [-0.15, -0.1) is 0 Å². The zero-order chi connectivity index (χ0) is 20.7. The summed E-state index contributed by atoms with van der Waals surface area (Å²) in [4.78, 5) is 35.1. The Labute approximate surface area is 167 Å². The molecule has 2 N–H and O–H groups in total. The van der Waals surface area contributed by atoms with Crippen LogP contribution in [-0.4, -0.2) is 39.1 Å². The number of aryl methyl sites for hydroxylation is 1. The van der Waals surface area contributed by atoms with E-state index in [1.165, 1.54) is 12.1 Å². The van der Waals surface area contributed by atoms with Crippen LogP contribution in [0.15, 0.2) is 36.7 Å². The second-order valence-electron chi connectivity index (χ2n) is 6.53. The highest BCUT2D eigenvalue weighted by Gasteiger charge is 2.25. The van der Waals surface area contributed by atoms with Crippen LogP contribution in [-0.2, 0) is 11.3 Å². The molecule has 150 valence electrons. The van der Waals surface area contributed by atoms with Crippen LogP contribution >= 0.6 is 11.6 Å². The van der Waals surface area contributed by atoms with E-state index in [0.29, 0.717) is 19.5 Å².